The average molecular weight is 164 g/mol. The molecule has 0 radical (unpaired) electrons. The molecular weight excluding hydrogens is 158 g/mol. The van der Waals surface area contributed by atoms with Crippen molar-refractivity contribution in [1.29, 1.82) is 0 Å². The first kappa shape index (κ1) is 5.09. The largest absolute Gasteiger partial charge is 0.394 e. The molecule has 40 valence electrons. The fourth-order valence-corrected chi connectivity index (χ4v) is 0.604. The van der Waals surface area contributed by atoms with Crippen molar-refractivity contribution in [2.75, 3.05) is 6.61 Å². The monoisotopic (exact) mass is 163 g/mol. The second-order valence-electron chi connectivity index (χ2n) is 1.61. The highest BCUT2D eigenvalue weighted by Gasteiger charge is 2.13. The number of halogens is 1. The number of hydrogen-bond acceptors (Lipinski definition) is 2. The topological polar surface area (TPSA) is 21.6 Å². The van der Waals surface area contributed by atoms with Crippen molar-refractivity contribution in [3.8, 4) is 0 Å². The van der Waals surface area contributed by atoms with Gasteiger partial charge in [0.15, 0.2) is 0 Å². The molecule has 1 aliphatic rings. The first-order valence-corrected chi connectivity index (χ1v) is 2.95. The fourth-order valence-electron chi connectivity index (χ4n) is 0.369. The van der Waals surface area contributed by atoms with Crippen LogP contribution in [0.5, 0.6) is 0 Å². The Bertz CT molecular complexity index is 102. The number of nitrogens with zero attached hydrogens (tertiary/aromatic N) is 1. The van der Waals surface area contributed by atoms with Gasteiger partial charge in [-0.2, -0.15) is 0 Å². The van der Waals surface area contributed by atoms with E-state index in [9.17, 15) is 0 Å². The maximum atomic E-state index is 4.71. The number of oxime groups is 1. The summed E-state index contributed by atoms with van der Waals surface area (Å²) in [5, 5.41) is 3.65. The van der Waals surface area contributed by atoms with Gasteiger partial charge in [0.1, 0.15) is 11.2 Å². The minimum absolute atomic E-state index is 0.458. The zero-order valence-corrected chi connectivity index (χ0v) is 5.60. The molecule has 0 saturated heterocycles. The van der Waals surface area contributed by atoms with Gasteiger partial charge in [-0.15, -0.1) is 0 Å². The summed E-state index contributed by atoms with van der Waals surface area (Å²) in [6.07, 6.45) is 0. The second kappa shape index (κ2) is 1.82. The van der Waals surface area contributed by atoms with Crippen LogP contribution in [0.15, 0.2) is 5.16 Å². The molecule has 0 spiro atoms. The molecule has 0 bridgehead atoms. The lowest BCUT2D eigenvalue weighted by molar-refractivity contribution is 0.158. The Labute approximate surface area is 50.7 Å². The molecule has 1 heterocycles. The standard InChI is InChI=1S/C4H6BrNO/c1-3-2-7-6-4(3)5/h3H,2H2,1H3. The quantitative estimate of drug-likeness (QED) is 0.529. The van der Waals surface area contributed by atoms with Crippen LogP contribution >= 0.6 is 15.9 Å². The Morgan fingerprint density at radius 3 is 2.86 bits per heavy atom. The highest BCUT2D eigenvalue weighted by atomic mass is 79.9. The van der Waals surface area contributed by atoms with E-state index in [2.05, 4.69) is 28.0 Å². The van der Waals surface area contributed by atoms with E-state index in [-0.39, 0.29) is 0 Å². The number of hydrogen-bond donors (Lipinski definition) is 0. The molecule has 0 saturated carbocycles. The molecule has 0 aromatic carbocycles. The molecule has 0 fully saturated rings. The molecule has 3 heteroatoms. The first-order valence-electron chi connectivity index (χ1n) is 2.16. The van der Waals surface area contributed by atoms with E-state index >= 15 is 0 Å². The SMILES string of the molecule is CC1CON=C1Br. The minimum Gasteiger partial charge on any atom is -0.394 e. The maximum Gasteiger partial charge on any atom is 0.128 e. The lowest BCUT2D eigenvalue weighted by Crippen LogP contribution is -1.99. The smallest absolute Gasteiger partial charge is 0.128 e. The van der Waals surface area contributed by atoms with Gasteiger partial charge in [0.05, 0.1) is 0 Å². The summed E-state index contributed by atoms with van der Waals surface area (Å²) in [4.78, 5) is 4.71. The molecule has 0 aromatic heterocycles. The molecule has 1 atom stereocenters. The van der Waals surface area contributed by atoms with Gasteiger partial charge in [0.2, 0.25) is 0 Å². The van der Waals surface area contributed by atoms with Gasteiger partial charge in [0, 0.05) is 5.92 Å². The Morgan fingerprint density at radius 1 is 2.00 bits per heavy atom. The predicted molar refractivity (Wildman–Crippen MR) is 31.5 cm³/mol. The molecule has 0 N–H and O–H groups in total. The van der Waals surface area contributed by atoms with E-state index < -0.39 is 0 Å². The van der Waals surface area contributed by atoms with Crippen LogP contribution in [-0.2, 0) is 4.84 Å². The minimum atomic E-state index is 0.458. The third-order valence-electron chi connectivity index (χ3n) is 0.883. The second-order valence-corrected chi connectivity index (χ2v) is 2.42. The molecule has 1 aliphatic heterocycles. The summed E-state index contributed by atoms with van der Waals surface area (Å²) >= 11 is 3.23. The van der Waals surface area contributed by atoms with E-state index in [1.165, 1.54) is 0 Å². The van der Waals surface area contributed by atoms with E-state index in [1.54, 1.807) is 0 Å². The zero-order valence-electron chi connectivity index (χ0n) is 4.02. The van der Waals surface area contributed by atoms with Gasteiger partial charge < -0.3 is 4.84 Å². The highest BCUT2D eigenvalue weighted by Crippen LogP contribution is 2.12. The summed E-state index contributed by atoms with van der Waals surface area (Å²) in [5.41, 5.74) is 0. The Hall–Kier alpha value is -0.0500. The molecule has 0 aliphatic carbocycles. The zero-order chi connectivity index (χ0) is 5.28. The molecular formula is C4H6BrNO. The summed E-state index contributed by atoms with van der Waals surface area (Å²) in [6.45, 7) is 2.78. The van der Waals surface area contributed by atoms with E-state index in [0.29, 0.717) is 5.92 Å². The molecule has 1 unspecified atom stereocenters. The van der Waals surface area contributed by atoms with Gasteiger partial charge in [-0.1, -0.05) is 12.1 Å². The van der Waals surface area contributed by atoms with Crippen molar-refractivity contribution in [2.45, 2.75) is 6.92 Å². The lowest BCUT2D eigenvalue weighted by Gasteiger charge is -1.90. The summed E-state index contributed by atoms with van der Waals surface area (Å²) in [5.74, 6) is 0.458. The average Bonchev–Trinajstić information content (AvgIpc) is 1.91. The van der Waals surface area contributed by atoms with Crippen LogP contribution in [0.3, 0.4) is 0 Å². The van der Waals surface area contributed by atoms with Crippen molar-refractivity contribution in [1.82, 2.24) is 0 Å². The van der Waals surface area contributed by atoms with E-state index in [0.717, 1.165) is 11.2 Å². The highest BCUT2D eigenvalue weighted by molar-refractivity contribution is 9.18. The van der Waals surface area contributed by atoms with Crippen molar-refractivity contribution >= 4 is 20.6 Å². The Kier molecular flexibility index (Phi) is 1.32. The molecule has 0 amide bonds. The van der Waals surface area contributed by atoms with Crippen LogP contribution in [0.4, 0.5) is 0 Å². The molecule has 1 rings (SSSR count). The summed E-state index contributed by atoms with van der Waals surface area (Å²) in [7, 11) is 0. The third kappa shape index (κ3) is 0.938. The summed E-state index contributed by atoms with van der Waals surface area (Å²) < 4.78 is 0.924. The Balaban J connectivity index is 2.54. The van der Waals surface area contributed by atoms with E-state index in [1.807, 2.05) is 0 Å². The van der Waals surface area contributed by atoms with Crippen LogP contribution in [-0.4, -0.2) is 11.2 Å². The van der Waals surface area contributed by atoms with Crippen LogP contribution < -0.4 is 0 Å². The van der Waals surface area contributed by atoms with Gasteiger partial charge in [-0.25, -0.2) is 0 Å². The van der Waals surface area contributed by atoms with E-state index in [4.69, 9.17) is 4.84 Å². The van der Waals surface area contributed by atoms with Crippen LogP contribution in [0.1, 0.15) is 6.92 Å². The lowest BCUT2D eigenvalue weighted by atomic mass is 10.2. The molecule has 7 heavy (non-hydrogen) atoms. The van der Waals surface area contributed by atoms with Gasteiger partial charge >= 0.3 is 0 Å². The van der Waals surface area contributed by atoms with Crippen LogP contribution in [0.25, 0.3) is 0 Å². The van der Waals surface area contributed by atoms with Crippen molar-refractivity contribution in [2.24, 2.45) is 11.1 Å². The fraction of sp³-hybridized carbons (Fsp3) is 0.750. The first-order chi connectivity index (χ1) is 3.30. The van der Waals surface area contributed by atoms with Crippen LogP contribution in [0.2, 0.25) is 0 Å². The van der Waals surface area contributed by atoms with Crippen molar-refractivity contribution in [3.63, 3.8) is 0 Å². The van der Waals surface area contributed by atoms with Gasteiger partial charge in [-0.3, -0.25) is 0 Å². The maximum absolute atomic E-state index is 4.71. The van der Waals surface area contributed by atoms with Crippen molar-refractivity contribution in [3.05, 3.63) is 0 Å². The third-order valence-corrected chi connectivity index (χ3v) is 1.81. The van der Waals surface area contributed by atoms with Crippen molar-refractivity contribution < 1.29 is 4.84 Å². The van der Waals surface area contributed by atoms with Gasteiger partial charge in [-0.05, 0) is 15.9 Å². The molecule has 0 aromatic rings. The summed E-state index contributed by atoms with van der Waals surface area (Å²) in [6, 6.07) is 0. The van der Waals surface area contributed by atoms with Gasteiger partial charge in [0.25, 0.3) is 0 Å². The van der Waals surface area contributed by atoms with Crippen LogP contribution in [0, 0.1) is 5.92 Å². The predicted octanol–water partition coefficient (Wildman–Crippen LogP) is 1.36. The number of rotatable bonds is 0. The normalized spacial score (nSPS) is 29.4. The Morgan fingerprint density at radius 2 is 2.71 bits per heavy atom. The molecule has 2 nitrogen and oxygen atoms in total.